The van der Waals surface area contributed by atoms with Crippen LogP contribution in [0.3, 0.4) is 0 Å². The summed E-state index contributed by atoms with van der Waals surface area (Å²) in [6, 6.07) is 2.00. The number of imidazole rings is 1. The van der Waals surface area contributed by atoms with Crippen LogP contribution in [0.25, 0.3) is 5.52 Å². The molecule has 0 aliphatic carbocycles. The highest BCUT2D eigenvalue weighted by atomic mass is 16.1. The summed E-state index contributed by atoms with van der Waals surface area (Å²) in [4.78, 5) is 16.8. The molecule has 0 N–H and O–H groups in total. The lowest BCUT2D eigenvalue weighted by Crippen LogP contribution is -2.21. The first-order chi connectivity index (χ1) is 8.72. The first-order valence-corrected chi connectivity index (χ1v) is 6.19. The number of nitrogens with zero attached hydrogens (tertiary/aromatic N) is 4. The molecule has 0 spiro atoms. The summed E-state index contributed by atoms with van der Waals surface area (Å²) in [5.74, 6) is 0.898. The SMILES string of the molecule is CCCc1nc(CC)n2ccn(CC#N)c(=O)c12. The summed E-state index contributed by atoms with van der Waals surface area (Å²) in [6.07, 6.45) is 5.98. The quantitative estimate of drug-likeness (QED) is 0.819. The Morgan fingerprint density at radius 1 is 1.39 bits per heavy atom. The molecule has 5 heteroatoms. The van der Waals surface area contributed by atoms with Gasteiger partial charge in [-0.1, -0.05) is 20.3 Å². The van der Waals surface area contributed by atoms with E-state index in [1.54, 1.807) is 6.20 Å². The van der Waals surface area contributed by atoms with Crippen LogP contribution >= 0.6 is 0 Å². The molecular formula is C13H16N4O. The Bertz CT molecular complexity index is 660. The minimum absolute atomic E-state index is 0.0769. The maximum atomic E-state index is 12.3. The van der Waals surface area contributed by atoms with Crippen molar-refractivity contribution in [3.05, 3.63) is 34.3 Å². The minimum atomic E-state index is -0.130. The lowest BCUT2D eigenvalue weighted by atomic mass is 10.2. The van der Waals surface area contributed by atoms with E-state index >= 15 is 0 Å². The Morgan fingerprint density at radius 2 is 2.17 bits per heavy atom. The van der Waals surface area contributed by atoms with Crippen LogP contribution in [0.1, 0.15) is 31.8 Å². The van der Waals surface area contributed by atoms with Gasteiger partial charge in [0.1, 0.15) is 17.9 Å². The van der Waals surface area contributed by atoms with Crippen LogP contribution < -0.4 is 5.56 Å². The molecule has 0 amide bonds. The van der Waals surface area contributed by atoms with E-state index in [4.69, 9.17) is 5.26 Å². The summed E-state index contributed by atoms with van der Waals surface area (Å²) in [5.41, 5.74) is 1.33. The summed E-state index contributed by atoms with van der Waals surface area (Å²) in [7, 11) is 0. The monoisotopic (exact) mass is 244 g/mol. The molecule has 0 aliphatic heterocycles. The highest BCUT2D eigenvalue weighted by Gasteiger charge is 2.13. The number of hydrogen-bond acceptors (Lipinski definition) is 3. The zero-order valence-corrected chi connectivity index (χ0v) is 10.7. The van der Waals surface area contributed by atoms with E-state index in [1.165, 1.54) is 4.57 Å². The van der Waals surface area contributed by atoms with E-state index < -0.39 is 0 Å². The molecule has 18 heavy (non-hydrogen) atoms. The molecule has 5 nitrogen and oxygen atoms in total. The minimum Gasteiger partial charge on any atom is -0.298 e. The van der Waals surface area contributed by atoms with Gasteiger partial charge in [0.15, 0.2) is 0 Å². The second kappa shape index (κ2) is 5.05. The molecule has 0 unspecified atom stereocenters. The topological polar surface area (TPSA) is 63.1 Å². The summed E-state index contributed by atoms with van der Waals surface area (Å²) in [6.45, 7) is 4.16. The fourth-order valence-electron chi connectivity index (χ4n) is 2.13. The first-order valence-electron chi connectivity index (χ1n) is 6.19. The molecule has 94 valence electrons. The van der Waals surface area contributed by atoms with Gasteiger partial charge in [0.25, 0.3) is 5.56 Å². The van der Waals surface area contributed by atoms with Crippen LogP contribution in [0.2, 0.25) is 0 Å². The van der Waals surface area contributed by atoms with Gasteiger partial charge in [-0.3, -0.25) is 13.8 Å². The van der Waals surface area contributed by atoms with E-state index in [-0.39, 0.29) is 12.1 Å². The molecule has 0 atom stereocenters. The summed E-state index contributed by atoms with van der Waals surface area (Å²) < 4.78 is 3.27. The zero-order chi connectivity index (χ0) is 13.1. The predicted molar refractivity (Wildman–Crippen MR) is 68.4 cm³/mol. The molecule has 2 aromatic rings. The van der Waals surface area contributed by atoms with Gasteiger partial charge in [-0.15, -0.1) is 0 Å². The van der Waals surface area contributed by atoms with Crippen molar-refractivity contribution < 1.29 is 0 Å². The molecule has 0 fully saturated rings. The Kier molecular flexibility index (Phi) is 3.47. The van der Waals surface area contributed by atoms with Crippen LogP contribution in [-0.2, 0) is 19.4 Å². The lowest BCUT2D eigenvalue weighted by Gasteiger charge is -2.03. The van der Waals surface area contributed by atoms with Crippen molar-refractivity contribution >= 4 is 5.52 Å². The smallest absolute Gasteiger partial charge is 0.277 e. The fourth-order valence-corrected chi connectivity index (χ4v) is 2.13. The van der Waals surface area contributed by atoms with E-state index in [1.807, 2.05) is 23.6 Å². The van der Waals surface area contributed by atoms with Gasteiger partial charge in [-0.05, 0) is 6.42 Å². The van der Waals surface area contributed by atoms with Crippen LogP contribution in [0.15, 0.2) is 17.2 Å². The van der Waals surface area contributed by atoms with Gasteiger partial charge in [0, 0.05) is 18.8 Å². The molecular weight excluding hydrogens is 228 g/mol. The molecule has 2 aromatic heterocycles. The fraction of sp³-hybridized carbons (Fsp3) is 0.462. The predicted octanol–water partition coefficient (Wildman–Crippen LogP) is 1.53. The van der Waals surface area contributed by atoms with Gasteiger partial charge in [0.05, 0.1) is 11.8 Å². The van der Waals surface area contributed by atoms with Crippen molar-refractivity contribution in [3.8, 4) is 6.07 Å². The first kappa shape index (κ1) is 12.4. The van der Waals surface area contributed by atoms with Crippen molar-refractivity contribution in [3.63, 3.8) is 0 Å². The van der Waals surface area contributed by atoms with Crippen LogP contribution in [-0.4, -0.2) is 14.0 Å². The number of aryl methyl sites for hydroxylation is 2. The average Bonchev–Trinajstić information content (AvgIpc) is 2.72. The third kappa shape index (κ3) is 1.90. The Hall–Kier alpha value is -2.09. The van der Waals surface area contributed by atoms with E-state index in [0.29, 0.717) is 5.52 Å². The molecule has 0 radical (unpaired) electrons. The van der Waals surface area contributed by atoms with Gasteiger partial charge < -0.3 is 0 Å². The molecule has 0 aromatic carbocycles. The van der Waals surface area contributed by atoms with Crippen LogP contribution in [0.5, 0.6) is 0 Å². The number of fused-ring (bicyclic) bond motifs is 1. The third-order valence-corrected chi connectivity index (χ3v) is 2.96. The molecule has 0 saturated carbocycles. The number of rotatable bonds is 4. The van der Waals surface area contributed by atoms with Gasteiger partial charge in [0.2, 0.25) is 0 Å². The molecule has 0 aliphatic rings. The molecule has 2 heterocycles. The standard InChI is InChI=1S/C13H16N4O/c1-3-5-10-12-13(18)16(7-6-14)8-9-17(12)11(4-2)15-10/h8-9H,3-5,7H2,1-2H3. The highest BCUT2D eigenvalue weighted by molar-refractivity contribution is 5.51. The largest absolute Gasteiger partial charge is 0.298 e. The van der Waals surface area contributed by atoms with Crippen molar-refractivity contribution in [2.75, 3.05) is 0 Å². The number of nitriles is 1. The normalized spacial score (nSPS) is 10.7. The Morgan fingerprint density at radius 3 is 2.78 bits per heavy atom. The molecule has 2 rings (SSSR count). The van der Waals surface area contributed by atoms with Crippen LogP contribution in [0.4, 0.5) is 0 Å². The number of aromatic nitrogens is 3. The second-order valence-electron chi connectivity index (χ2n) is 4.19. The van der Waals surface area contributed by atoms with Crippen molar-refractivity contribution in [2.24, 2.45) is 0 Å². The molecule has 0 saturated heterocycles. The summed E-state index contributed by atoms with van der Waals surface area (Å²) >= 11 is 0. The average molecular weight is 244 g/mol. The highest BCUT2D eigenvalue weighted by Crippen LogP contribution is 2.12. The second-order valence-corrected chi connectivity index (χ2v) is 4.19. The van der Waals surface area contributed by atoms with E-state index in [2.05, 4.69) is 11.9 Å². The van der Waals surface area contributed by atoms with Crippen molar-refractivity contribution in [1.82, 2.24) is 14.0 Å². The third-order valence-electron chi connectivity index (χ3n) is 2.96. The number of hydrogen-bond donors (Lipinski definition) is 0. The maximum Gasteiger partial charge on any atom is 0.277 e. The lowest BCUT2D eigenvalue weighted by molar-refractivity contribution is 0.773. The van der Waals surface area contributed by atoms with Crippen molar-refractivity contribution in [2.45, 2.75) is 39.7 Å². The van der Waals surface area contributed by atoms with Crippen LogP contribution in [0, 0.1) is 11.3 Å². The van der Waals surface area contributed by atoms with Gasteiger partial charge >= 0.3 is 0 Å². The maximum absolute atomic E-state index is 12.3. The molecule has 0 bridgehead atoms. The van der Waals surface area contributed by atoms with Crippen molar-refractivity contribution in [1.29, 1.82) is 5.26 Å². The zero-order valence-electron chi connectivity index (χ0n) is 10.7. The Labute approximate surface area is 105 Å². The summed E-state index contributed by atoms with van der Waals surface area (Å²) in [5, 5.41) is 8.71. The van der Waals surface area contributed by atoms with E-state index in [0.717, 1.165) is 30.8 Å². The Balaban J connectivity index is 2.74. The van der Waals surface area contributed by atoms with E-state index in [9.17, 15) is 4.79 Å². The van der Waals surface area contributed by atoms with Gasteiger partial charge in [-0.25, -0.2) is 4.98 Å². The van der Waals surface area contributed by atoms with Gasteiger partial charge in [-0.2, -0.15) is 5.26 Å².